The van der Waals surface area contributed by atoms with E-state index in [4.69, 9.17) is 4.74 Å². The summed E-state index contributed by atoms with van der Waals surface area (Å²) in [6.07, 6.45) is 0.540. The first-order valence-electron chi connectivity index (χ1n) is 7.31. The van der Waals surface area contributed by atoms with Crippen molar-refractivity contribution in [1.82, 2.24) is 15.5 Å². The SMILES string of the molecule is Cc1ccc(NC(=O)OC(C)(C)C)c(C2(C(=O)O)C=NNN2C)n1. The first-order chi connectivity index (χ1) is 11.1. The van der Waals surface area contributed by atoms with Crippen LogP contribution in [-0.2, 0) is 15.1 Å². The van der Waals surface area contributed by atoms with Gasteiger partial charge in [-0.25, -0.2) is 15.1 Å². The zero-order chi connectivity index (χ0) is 18.1. The van der Waals surface area contributed by atoms with Crippen LogP contribution in [0.25, 0.3) is 0 Å². The molecule has 0 spiro atoms. The number of anilines is 1. The Morgan fingerprint density at radius 3 is 2.54 bits per heavy atom. The van der Waals surface area contributed by atoms with Gasteiger partial charge in [-0.05, 0) is 39.8 Å². The van der Waals surface area contributed by atoms with Gasteiger partial charge in [-0.1, -0.05) is 0 Å². The van der Waals surface area contributed by atoms with Gasteiger partial charge in [0.2, 0.25) is 5.54 Å². The molecule has 9 nitrogen and oxygen atoms in total. The number of nitrogens with one attached hydrogen (secondary N) is 2. The van der Waals surface area contributed by atoms with E-state index in [2.05, 4.69) is 20.9 Å². The quantitative estimate of drug-likeness (QED) is 0.765. The molecule has 130 valence electrons. The van der Waals surface area contributed by atoms with Crippen LogP contribution in [0.1, 0.15) is 32.2 Å². The summed E-state index contributed by atoms with van der Waals surface area (Å²) in [5.41, 5.74) is 1.22. The highest BCUT2D eigenvalue weighted by atomic mass is 16.6. The molecule has 1 amide bonds. The summed E-state index contributed by atoms with van der Waals surface area (Å²) in [6.45, 7) is 6.94. The van der Waals surface area contributed by atoms with Gasteiger partial charge in [0, 0.05) is 12.7 Å². The number of likely N-dealkylation sites (N-methyl/N-ethyl adjacent to an activating group) is 1. The van der Waals surface area contributed by atoms with E-state index >= 15 is 0 Å². The van der Waals surface area contributed by atoms with Crippen molar-refractivity contribution in [2.75, 3.05) is 12.4 Å². The number of carbonyl (C=O) groups is 2. The maximum atomic E-state index is 12.1. The van der Waals surface area contributed by atoms with Crippen molar-refractivity contribution in [3.8, 4) is 0 Å². The third-order valence-electron chi connectivity index (χ3n) is 3.35. The van der Waals surface area contributed by atoms with E-state index < -0.39 is 23.2 Å². The number of aliphatic carboxylic acids is 1. The van der Waals surface area contributed by atoms with E-state index in [0.29, 0.717) is 5.69 Å². The molecular formula is C15H21N5O4. The minimum Gasteiger partial charge on any atom is -0.479 e. The van der Waals surface area contributed by atoms with Gasteiger partial charge in [0.25, 0.3) is 0 Å². The minimum atomic E-state index is -1.64. The standard InChI is InChI=1S/C15H21N5O4/c1-9-6-7-10(18-13(23)24-14(2,3)4)11(17-9)15(12(21)22)8-16-19-20(15)5/h6-8,19H,1-5H3,(H,18,23)(H,21,22). The van der Waals surface area contributed by atoms with E-state index in [0.717, 1.165) is 0 Å². The Balaban J connectivity index is 2.47. The number of carboxylic acid groups (broad SMARTS) is 1. The van der Waals surface area contributed by atoms with E-state index in [1.165, 1.54) is 18.3 Å². The highest BCUT2D eigenvalue weighted by molar-refractivity contribution is 6.02. The van der Waals surface area contributed by atoms with Crippen LogP contribution in [0.15, 0.2) is 17.2 Å². The summed E-state index contributed by atoms with van der Waals surface area (Å²) in [6, 6.07) is 3.26. The molecule has 0 aromatic carbocycles. The molecule has 3 N–H and O–H groups in total. The lowest BCUT2D eigenvalue weighted by Crippen LogP contribution is -2.52. The average molecular weight is 335 g/mol. The summed E-state index contributed by atoms with van der Waals surface area (Å²) in [5, 5.41) is 17.4. The fourth-order valence-corrected chi connectivity index (χ4v) is 2.26. The van der Waals surface area contributed by atoms with Crippen LogP contribution in [0.4, 0.5) is 10.5 Å². The van der Waals surface area contributed by atoms with Crippen molar-refractivity contribution in [2.24, 2.45) is 5.10 Å². The van der Waals surface area contributed by atoms with Crippen LogP contribution < -0.4 is 10.9 Å². The topological polar surface area (TPSA) is 116 Å². The van der Waals surface area contributed by atoms with Gasteiger partial charge in [-0.15, -0.1) is 0 Å². The van der Waals surface area contributed by atoms with Crippen molar-refractivity contribution in [3.63, 3.8) is 0 Å². The second-order valence-corrected chi connectivity index (χ2v) is 6.46. The molecule has 0 saturated carbocycles. The highest BCUT2D eigenvalue weighted by Crippen LogP contribution is 2.32. The second-order valence-electron chi connectivity index (χ2n) is 6.46. The van der Waals surface area contributed by atoms with Gasteiger partial charge in [0.1, 0.15) is 11.3 Å². The Labute approximate surface area is 139 Å². The fraction of sp³-hybridized carbons (Fsp3) is 0.467. The van der Waals surface area contributed by atoms with Crippen LogP contribution in [0.2, 0.25) is 0 Å². The molecule has 9 heteroatoms. The number of carbonyl (C=O) groups excluding carboxylic acids is 1. The Morgan fingerprint density at radius 1 is 1.38 bits per heavy atom. The van der Waals surface area contributed by atoms with Crippen molar-refractivity contribution >= 4 is 24.0 Å². The molecule has 0 fully saturated rings. The van der Waals surface area contributed by atoms with Crippen molar-refractivity contribution < 1.29 is 19.4 Å². The Morgan fingerprint density at radius 2 is 2.04 bits per heavy atom. The number of hydrogen-bond donors (Lipinski definition) is 3. The van der Waals surface area contributed by atoms with E-state index in [1.54, 1.807) is 39.8 Å². The van der Waals surface area contributed by atoms with Crippen LogP contribution in [-0.4, -0.2) is 46.0 Å². The number of hydrazone groups is 1. The molecule has 24 heavy (non-hydrogen) atoms. The predicted molar refractivity (Wildman–Crippen MR) is 87.5 cm³/mol. The fourth-order valence-electron chi connectivity index (χ4n) is 2.26. The number of nitrogens with zero attached hydrogens (tertiary/aromatic N) is 3. The maximum absolute atomic E-state index is 12.1. The maximum Gasteiger partial charge on any atom is 0.412 e. The highest BCUT2D eigenvalue weighted by Gasteiger charge is 2.49. The van der Waals surface area contributed by atoms with Crippen molar-refractivity contribution in [2.45, 2.75) is 38.8 Å². The summed E-state index contributed by atoms with van der Waals surface area (Å²) >= 11 is 0. The third-order valence-corrected chi connectivity index (χ3v) is 3.35. The molecule has 2 rings (SSSR count). The summed E-state index contributed by atoms with van der Waals surface area (Å²) < 4.78 is 5.22. The van der Waals surface area contributed by atoms with Gasteiger partial charge in [-0.2, -0.15) is 10.1 Å². The van der Waals surface area contributed by atoms with Gasteiger partial charge >= 0.3 is 12.1 Å². The largest absolute Gasteiger partial charge is 0.479 e. The molecule has 2 heterocycles. The lowest BCUT2D eigenvalue weighted by molar-refractivity contribution is -0.147. The number of hydrogen-bond acceptors (Lipinski definition) is 7. The number of hydrazine groups is 1. The third kappa shape index (κ3) is 3.30. The predicted octanol–water partition coefficient (Wildman–Crippen LogP) is 1.45. The number of carboxylic acids is 1. The first-order valence-corrected chi connectivity index (χ1v) is 7.31. The van der Waals surface area contributed by atoms with Crippen molar-refractivity contribution in [3.05, 3.63) is 23.5 Å². The van der Waals surface area contributed by atoms with E-state index in [-0.39, 0.29) is 11.4 Å². The summed E-state index contributed by atoms with van der Waals surface area (Å²) in [5.74, 6) is -1.18. The van der Waals surface area contributed by atoms with Gasteiger partial charge in [0.05, 0.1) is 11.9 Å². The zero-order valence-electron chi connectivity index (χ0n) is 14.2. The van der Waals surface area contributed by atoms with Crippen molar-refractivity contribution in [1.29, 1.82) is 0 Å². The molecule has 1 aliphatic rings. The molecule has 0 saturated heterocycles. The number of amides is 1. The molecule has 0 bridgehead atoms. The summed E-state index contributed by atoms with van der Waals surface area (Å²) in [4.78, 5) is 28.3. The molecule has 1 aromatic heterocycles. The first kappa shape index (κ1) is 17.7. The molecular weight excluding hydrogens is 314 g/mol. The Kier molecular flexibility index (Phi) is 4.48. The van der Waals surface area contributed by atoms with Crippen LogP contribution in [0.3, 0.4) is 0 Å². The number of pyridine rings is 1. The normalized spacial score (nSPS) is 20.5. The number of rotatable bonds is 3. The minimum absolute atomic E-state index is 0.136. The lowest BCUT2D eigenvalue weighted by Gasteiger charge is -2.30. The molecule has 0 radical (unpaired) electrons. The van der Waals surface area contributed by atoms with Crippen LogP contribution in [0.5, 0.6) is 0 Å². The number of ether oxygens (including phenoxy) is 1. The van der Waals surface area contributed by atoms with Gasteiger partial charge in [-0.3, -0.25) is 10.3 Å². The number of aromatic nitrogens is 1. The summed E-state index contributed by atoms with van der Waals surface area (Å²) in [7, 11) is 1.53. The van der Waals surface area contributed by atoms with Crippen LogP contribution >= 0.6 is 0 Å². The molecule has 0 aliphatic carbocycles. The van der Waals surface area contributed by atoms with Gasteiger partial charge in [0.15, 0.2) is 0 Å². The molecule has 1 aromatic rings. The Hall–Kier alpha value is -2.68. The average Bonchev–Trinajstić information content (AvgIpc) is 2.81. The van der Waals surface area contributed by atoms with Crippen LogP contribution in [0, 0.1) is 6.92 Å². The molecule has 1 unspecified atom stereocenters. The van der Waals surface area contributed by atoms with E-state index in [1.807, 2.05) is 0 Å². The zero-order valence-corrected chi connectivity index (χ0v) is 14.2. The molecule has 1 aliphatic heterocycles. The molecule has 1 atom stereocenters. The number of aryl methyl sites for hydroxylation is 1. The van der Waals surface area contributed by atoms with Gasteiger partial charge < -0.3 is 9.84 Å². The Bertz CT molecular complexity index is 698. The van der Waals surface area contributed by atoms with E-state index in [9.17, 15) is 14.7 Å². The monoisotopic (exact) mass is 335 g/mol. The second kappa shape index (κ2) is 6.08. The smallest absolute Gasteiger partial charge is 0.412 e. The lowest BCUT2D eigenvalue weighted by atomic mass is 9.94.